The van der Waals surface area contributed by atoms with E-state index in [1.807, 2.05) is 18.3 Å². The maximum Gasteiger partial charge on any atom is 0.303 e. The van der Waals surface area contributed by atoms with E-state index in [2.05, 4.69) is 26.0 Å². The molecule has 2 aromatic heterocycles. The maximum atomic E-state index is 10.4. The second-order valence-corrected chi connectivity index (χ2v) is 4.34. The first-order valence-corrected chi connectivity index (χ1v) is 5.67. The Bertz CT molecular complexity index is 524. The van der Waals surface area contributed by atoms with Crippen LogP contribution in [0.15, 0.2) is 22.8 Å². The molecule has 0 aliphatic rings. The van der Waals surface area contributed by atoms with Gasteiger partial charge in [-0.05, 0) is 34.5 Å². The van der Waals surface area contributed by atoms with Gasteiger partial charge in [0, 0.05) is 23.5 Å². The molecule has 1 N–H and O–H groups in total. The number of aliphatic carboxylic acids is 1. The van der Waals surface area contributed by atoms with Gasteiger partial charge in [-0.3, -0.25) is 4.79 Å². The van der Waals surface area contributed by atoms with Crippen molar-refractivity contribution >= 4 is 27.5 Å². The zero-order valence-electron chi connectivity index (χ0n) is 8.43. The minimum atomic E-state index is -0.786. The molecule has 0 saturated carbocycles. The molecule has 0 atom stereocenters. The van der Waals surface area contributed by atoms with Crippen molar-refractivity contribution in [2.24, 2.45) is 0 Å². The molecular weight excluding hydrogens is 274 g/mol. The van der Waals surface area contributed by atoms with Crippen LogP contribution in [-0.2, 0) is 11.2 Å². The Hall–Kier alpha value is -1.43. The van der Waals surface area contributed by atoms with Crippen molar-refractivity contribution in [2.45, 2.75) is 19.3 Å². The van der Waals surface area contributed by atoms with Gasteiger partial charge in [-0.15, -0.1) is 0 Å². The summed E-state index contributed by atoms with van der Waals surface area (Å²) in [6, 6.07) is 3.75. The van der Waals surface area contributed by atoms with Crippen molar-refractivity contribution in [3.05, 3.63) is 28.6 Å². The van der Waals surface area contributed by atoms with E-state index >= 15 is 0 Å². The molecule has 0 amide bonds. The molecular formula is C10H10BrN3O2. The molecule has 2 rings (SSSR count). The van der Waals surface area contributed by atoms with E-state index in [9.17, 15) is 4.79 Å². The fourth-order valence-corrected chi connectivity index (χ4v) is 1.73. The van der Waals surface area contributed by atoms with Crippen LogP contribution in [-0.4, -0.2) is 25.7 Å². The largest absolute Gasteiger partial charge is 0.481 e. The molecule has 84 valence electrons. The normalized spacial score (nSPS) is 10.8. The Morgan fingerprint density at radius 2 is 2.31 bits per heavy atom. The summed E-state index contributed by atoms with van der Waals surface area (Å²) in [6.07, 6.45) is 3.13. The lowest BCUT2D eigenvalue weighted by Gasteiger charge is -1.91. The van der Waals surface area contributed by atoms with E-state index < -0.39 is 5.97 Å². The number of nitrogens with zero attached hydrogens (tertiary/aromatic N) is 3. The van der Waals surface area contributed by atoms with Crippen LogP contribution in [0.25, 0.3) is 5.65 Å². The molecule has 6 heteroatoms. The van der Waals surface area contributed by atoms with Crippen molar-refractivity contribution in [1.29, 1.82) is 0 Å². The summed E-state index contributed by atoms with van der Waals surface area (Å²) in [5.74, 6) is -0.106. The van der Waals surface area contributed by atoms with Crippen molar-refractivity contribution in [2.75, 3.05) is 0 Å². The quantitative estimate of drug-likeness (QED) is 0.931. The molecule has 0 fully saturated rings. The SMILES string of the molecule is O=C(O)CCCc1nc2ccc(Br)cn2n1. The predicted octanol–water partition coefficient (Wildman–Crippen LogP) is 1.90. The molecule has 0 bridgehead atoms. The summed E-state index contributed by atoms with van der Waals surface area (Å²) in [6.45, 7) is 0. The van der Waals surface area contributed by atoms with Crippen molar-refractivity contribution in [3.8, 4) is 0 Å². The molecule has 0 spiro atoms. The van der Waals surface area contributed by atoms with E-state index in [0.717, 1.165) is 10.1 Å². The summed E-state index contributed by atoms with van der Waals surface area (Å²) < 4.78 is 2.61. The number of aromatic nitrogens is 3. The number of hydrogen-bond acceptors (Lipinski definition) is 3. The topological polar surface area (TPSA) is 67.5 Å². The molecule has 0 aliphatic carbocycles. The number of hydrogen-bond donors (Lipinski definition) is 1. The summed E-state index contributed by atoms with van der Waals surface area (Å²) in [4.78, 5) is 14.6. The molecule has 0 unspecified atom stereocenters. The lowest BCUT2D eigenvalue weighted by molar-refractivity contribution is -0.137. The van der Waals surface area contributed by atoms with Gasteiger partial charge >= 0.3 is 5.97 Å². The summed E-state index contributed by atoms with van der Waals surface area (Å²) in [5, 5.41) is 12.8. The lowest BCUT2D eigenvalue weighted by atomic mass is 10.2. The van der Waals surface area contributed by atoms with Gasteiger partial charge in [-0.25, -0.2) is 9.50 Å². The van der Waals surface area contributed by atoms with Gasteiger partial charge in [0.2, 0.25) is 0 Å². The van der Waals surface area contributed by atoms with Crippen LogP contribution in [0.5, 0.6) is 0 Å². The second kappa shape index (κ2) is 4.61. The highest BCUT2D eigenvalue weighted by Crippen LogP contribution is 2.11. The maximum absolute atomic E-state index is 10.4. The van der Waals surface area contributed by atoms with Crippen molar-refractivity contribution in [3.63, 3.8) is 0 Å². The minimum Gasteiger partial charge on any atom is -0.481 e. The molecule has 0 aromatic carbocycles. The Balaban J connectivity index is 2.10. The standard InChI is InChI=1S/C10H10BrN3O2/c11-7-4-5-9-12-8(13-14(9)6-7)2-1-3-10(15)16/h4-6H,1-3H2,(H,15,16). The van der Waals surface area contributed by atoms with Crippen molar-refractivity contribution < 1.29 is 9.90 Å². The van der Waals surface area contributed by atoms with Gasteiger partial charge in [-0.2, -0.15) is 5.10 Å². The highest BCUT2D eigenvalue weighted by atomic mass is 79.9. The molecule has 5 nitrogen and oxygen atoms in total. The van der Waals surface area contributed by atoms with Crippen LogP contribution in [0.1, 0.15) is 18.7 Å². The summed E-state index contributed by atoms with van der Waals surface area (Å²) >= 11 is 3.35. The predicted molar refractivity (Wildman–Crippen MR) is 61.3 cm³/mol. The van der Waals surface area contributed by atoms with E-state index in [-0.39, 0.29) is 6.42 Å². The third-order valence-electron chi connectivity index (χ3n) is 2.13. The number of rotatable bonds is 4. The first-order valence-electron chi connectivity index (χ1n) is 4.88. The van der Waals surface area contributed by atoms with Crippen LogP contribution in [0.3, 0.4) is 0 Å². The molecule has 0 aliphatic heterocycles. The van der Waals surface area contributed by atoms with Crippen molar-refractivity contribution in [1.82, 2.24) is 14.6 Å². The Morgan fingerprint density at radius 3 is 3.06 bits per heavy atom. The fourth-order valence-electron chi connectivity index (χ4n) is 1.41. The van der Waals surface area contributed by atoms with Crippen LogP contribution < -0.4 is 0 Å². The zero-order valence-corrected chi connectivity index (χ0v) is 10.0. The molecule has 0 saturated heterocycles. The van der Waals surface area contributed by atoms with E-state index in [1.54, 1.807) is 4.52 Å². The van der Waals surface area contributed by atoms with Crippen LogP contribution in [0.2, 0.25) is 0 Å². The van der Waals surface area contributed by atoms with E-state index in [1.165, 1.54) is 0 Å². The summed E-state index contributed by atoms with van der Waals surface area (Å²) in [5.41, 5.74) is 0.772. The Morgan fingerprint density at radius 1 is 1.50 bits per heavy atom. The molecule has 2 aromatic rings. The number of pyridine rings is 1. The van der Waals surface area contributed by atoms with Gasteiger partial charge in [-0.1, -0.05) is 0 Å². The van der Waals surface area contributed by atoms with Crippen LogP contribution >= 0.6 is 15.9 Å². The second-order valence-electron chi connectivity index (χ2n) is 3.43. The number of fused-ring (bicyclic) bond motifs is 1. The molecule has 0 radical (unpaired) electrons. The number of aryl methyl sites for hydroxylation is 1. The number of carbonyl (C=O) groups is 1. The average Bonchev–Trinajstić information content (AvgIpc) is 2.58. The Kier molecular flexibility index (Phi) is 3.19. The van der Waals surface area contributed by atoms with Gasteiger partial charge < -0.3 is 5.11 Å². The monoisotopic (exact) mass is 283 g/mol. The molecule has 16 heavy (non-hydrogen) atoms. The third-order valence-corrected chi connectivity index (χ3v) is 2.60. The van der Waals surface area contributed by atoms with E-state index in [4.69, 9.17) is 5.11 Å². The molecule has 2 heterocycles. The minimum absolute atomic E-state index is 0.152. The number of halogens is 1. The van der Waals surface area contributed by atoms with Gasteiger partial charge in [0.15, 0.2) is 11.5 Å². The first-order chi connectivity index (χ1) is 7.65. The number of carboxylic acids is 1. The Labute approximate surface area is 100 Å². The smallest absolute Gasteiger partial charge is 0.303 e. The van der Waals surface area contributed by atoms with Gasteiger partial charge in [0.1, 0.15) is 0 Å². The first kappa shape index (κ1) is 11.1. The zero-order chi connectivity index (χ0) is 11.5. The van der Waals surface area contributed by atoms with Gasteiger partial charge in [0.05, 0.1) is 0 Å². The average molecular weight is 284 g/mol. The van der Waals surface area contributed by atoms with Crippen LogP contribution in [0.4, 0.5) is 0 Å². The highest BCUT2D eigenvalue weighted by molar-refractivity contribution is 9.10. The van der Waals surface area contributed by atoms with Crippen LogP contribution in [0, 0.1) is 0 Å². The lowest BCUT2D eigenvalue weighted by Crippen LogP contribution is -1.97. The van der Waals surface area contributed by atoms with Gasteiger partial charge in [0.25, 0.3) is 0 Å². The third kappa shape index (κ3) is 2.57. The highest BCUT2D eigenvalue weighted by Gasteiger charge is 2.05. The van der Waals surface area contributed by atoms with E-state index in [0.29, 0.717) is 18.7 Å². The number of carboxylic acid groups (broad SMARTS) is 1. The fraction of sp³-hybridized carbons (Fsp3) is 0.300. The summed E-state index contributed by atoms with van der Waals surface area (Å²) in [7, 11) is 0.